The minimum Gasteiger partial charge on any atom is -0.475 e. The molecule has 1 fully saturated rings. The first-order valence-corrected chi connectivity index (χ1v) is 9.81. The van der Waals surface area contributed by atoms with Crippen LogP contribution in [0.1, 0.15) is 43.8 Å². The van der Waals surface area contributed by atoms with Crippen molar-refractivity contribution in [3.8, 4) is 5.88 Å². The number of ether oxygens (including phenoxy) is 2. The van der Waals surface area contributed by atoms with Gasteiger partial charge >= 0.3 is 0 Å². The van der Waals surface area contributed by atoms with Crippen molar-refractivity contribution in [3.05, 3.63) is 16.9 Å². The van der Waals surface area contributed by atoms with Gasteiger partial charge in [0.25, 0.3) is 5.88 Å². The Morgan fingerprint density at radius 1 is 1.30 bits per heavy atom. The third-order valence-electron chi connectivity index (χ3n) is 5.27. The SMILES string of the molecule is COC1CCC(n2nc3c(c2C)Nc2ncc(Cl)c(n2)NCCCO3)CC1. The van der Waals surface area contributed by atoms with Crippen molar-refractivity contribution in [2.24, 2.45) is 0 Å². The van der Waals surface area contributed by atoms with Gasteiger partial charge in [-0.05, 0) is 39.0 Å². The number of anilines is 3. The molecule has 8 nitrogen and oxygen atoms in total. The van der Waals surface area contributed by atoms with E-state index < -0.39 is 0 Å². The van der Waals surface area contributed by atoms with E-state index in [2.05, 4.69) is 32.2 Å². The summed E-state index contributed by atoms with van der Waals surface area (Å²) in [7, 11) is 1.79. The third-order valence-corrected chi connectivity index (χ3v) is 5.55. The highest BCUT2D eigenvalue weighted by Crippen LogP contribution is 2.37. The molecule has 2 aromatic rings. The van der Waals surface area contributed by atoms with Gasteiger partial charge in [0.15, 0.2) is 5.82 Å². The molecule has 0 radical (unpaired) electrons. The Kier molecular flexibility index (Phi) is 5.36. The van der Waals surface area contributed by atoms with Crippen LogP contribution in [0.5, 0.6) is 5.88 Å². The van der Waals surface area contributed by atoms with E-state index in [9.17, 15) is 0 Å². The second-order valence-electron chi connectivity index (χ2n) is 7.02. The van der Waals surface area contributed by atoms with Crippen LogP contribution in [0.15, 0.2) is 6.20 Å². The molecule has 0 amide bonds. The summed E-state index contributed by atoms with van der Waals surface area (Å²) in [4.78, 5) is 8.78. The van der Waals surface area contributed by atoms with E-state index in [0.29, 0.717) is 48.0 Å². The van der Waals surface area contributed by atoms with Crippen molar-refractivity contribution in [2.75, 3.05) is 30.9 Å². The molecule has 0 spiro atoms. The molecule has 2 aromatic heterocycles. The van der Waals surface area contributed by atoms with E-state index in [1.807, 2.05) is 0 Å². The van der Waals surface area contributed by atoms with Crippen LogP contribution in [0, 0.1) is 6.92 Å². The number of methoxy groups -OCH3 is 1. The molecular formula is C18H25ClN6O2. The molecule has 2 bridgehead atoms. The molecule has 2 aliphatic rings. The summed E-state index contributed by atoms with van der Waals surface area (Å²) in [6, 6.07) is 0.352. The average Bonchev–Trinajstić information content (AvgIpc) is 2.98. The van der Waals surface area contributed by atoms with Crippen LogP contribution in [-0.4, -0.2) is 46.1 Å². The van der Waals surface area contributed by atoms with Crippen molar-refractivity contribution >= 4 is 29.1 Å². The molecule has 27 heavy (non-hydrogen) atoms. The Balaban J connectivity index is 1.64. The number of nitrogens with one attached hydrogen (secondary N) is 2. The van der Waals surface area contributed by atoms with Gasteiger partial charge in [0.2, 0.25) is 5.95 Å². The maximum Gasteiger partial charge on any atom is 0.257 e. The Hall–Kier alpha value is -2.06. The molecule has 1 aliphatic carbocycles. The predicted octanol–water partition coefficient (Wildman–Crippen LogP) is 3.70. The Morgan fingerprint density at radius 3 is 2.89 bits per heavy atom. The fourth-order valence-electron chi connectivity index (χ4n) is 3.73. The van der Waals surface area contributed by atoms with Crippen LogP contribution in [0.4, 0.5) is 17.5 Å². The number of hydrogen-bond acceptors (Lipinski definition) is 7. The van der Waals surface area contributed by atoms with Gasteiger partial charge < -0.3 is 20.1 Å². The van der Waals surface area contributed by atoms with E-state index in [-0.39, 0.29) is 0 Å². The molecule has 0 saturated heterocycles. The van der Waals surface area contributed by atoms with Crippen molar-refractivity contribution < 1.29 is 9.47 Å². The van der Waals surface area contributed by atoms with Crippen molar-refractivity contribution in [1.29, 1.82) is 0 Å². The Bertz CT molecular complexity index is 803. The van der Waals surface area contributed by atoms with Gasteiger partial charge in [-0.1, -0.05) is 11.6 Å². The van der Waals surface area contributed by atoms with Gasteiger partial charge in [-0.25, -0.2) is 4.98 Å². The monoisotopic (exact) mass is 392 g/mol. The summed E-state index contributed by atoms with van der Waals surface area (Å²) in [5.41, 5.74) is 1.84. The number of fused-ring (bicyclic) bond motifs is 3. The van der Waals surface area contributed by atoms with Gasteiger partial charge in [0.1, 0.15) is 10.7 Å². The van der Waals surface area contributed by atoms with Crippen LogP contribution in [0.2, 0.25) is 5.02 Å². The summed E-state index contributed by atoms with van der Waals surface area (Å²) in [6.45, 7) is 3.33. The minimum atomic E-state index is 0.352. The standard InChI is InChI=1S/C18H25ClN6O2/c1-11-15-17(24-25(11)12-4-6-13(26-2)7-5-12)27-9-3-8-20-16-14(19)10-21-18(22-15)23-16/h10,12-13H,3-9H2,1-2H3,(H2,20,21,22,23). The first-order valence-electron chi connectivity index (χ1n) is 9.44. The largest absolute Gasteiger partial charge is 0.475 e. The third kappa shape index (κ3) is 3.82. The average molecular weight is 393 g/mol. The zero-order chi connectivity index (χ0) is 18.8. The van der Waals surface area contributed by atoms with Gasteiger partial charge in [-0.3, -0.25) is 4.68 Å². The lowest BCUT2D eigenvalue weighted by atomic mass is 9.93. The fraction of sp³-hybridized carbons (Fsp3) is 0.611. The molecule has 0 unspecified atom stereocenters. The molecule has 1 saturated carbocycles. The van der Waals surface area contributed by atoms with Gasteiger partial charge in [-0.15, -0.1) is 5.10 Å². The zero-order valence-corrected chi connectivity index (χ0v) is 16.4. The zero-order valence-electron chi connectivity index (χ0n) is 15.7. The van der Waals surface area contributed by atoms with Crippen molar-refractivity contribution in [1.82, 2.24) is 19.7 Å². The Labute approximate surface area is 163 Å². The van der Waals surface area contributed by atoms with Crippen molar-refractivity contribution in [3.63, 3.8) is 0 Å². The lowest BCUT2D eigenvalue weighted by molar-refractivity contribution is 0.0563. The number of aromatic nitrogens is 4. The summed E-state index contributed by atoms with van der Waals surface area (Å²) in [6.07, 6.45) is 6.97. The van der Waals surface area contributed by atoms with Gasteiger partial charge in [-0.2, -0.15) is 4.98 Å². The van der Waals surface area contributed by atoms with Crippen LogP contribution in [0.25, 0.3) is 0 Å². The van der Waals surface area contributed by atoms with E-state index in [0.717, 1.165) is 43.5 Å². The first-order chi connectivity index (χ1) is 13.2. The minimum absolute atomic E-state index is 0.352. The second kappa shape index (κ2) is 7.90. The molecular weight excluding hydrogens is 368 g/mol. The first kappa shape index (κ1) is 18.3. The molecule has 3 heterocycles. The van der Waals surface area contributed by atoms with E-state index in [1.165, 1.54) is 0 Å². The summed E-state index contributed by atoms with van der Waals surface area (Å²) in [5.74, 6) is 1.70. The second-order valence-corrected chi connectivity index (χ2v) is 7.43. The van der Waals surface area contributed by atoms with E-state index in [4.69, 9.17) is 26.2 Å². The highest BCUT2D eigenvalue weighted by molar-refractivity contribution is 6.32. The molecule has 0 atom stereocenters. The molecule has 4 rings (SSSR count). The predicted molar refractivity (Wildman–Crippen MR) is 104 cm³/mol. The van der Waals surface area contributed by atoms with E-state index in [1.54, 1.807) is 13.3 Å². The number of hydrogen-bond donors (Lipinski definition) is 2. The Morgan fingerprint density at radius 2 is 2.11 bits per heavy atom. The van der Waals surface area contributed by atoms with Crippen LogP contribution >= 0.6 is 11.6 Å². The molecule has 9 heteroatoms. The highest BCUT2D eigenvalue weighted by Gasteiger charge is 2.27. The normalized spacial score (nSPS) is 22.6. The summed E-state index contributed by atoms with van der Waals surface area (Å²) < 4.78 is 13.6. The lowest BCUT2D eigenvalue weighted by Crippen LogP contribution is -2.24. The lowest BCUT2D eigenvalue weighted by Gasteiger charge is -2.28. The smallest absolute Gasteiger partial charge is 0.257 e. The van der Waals surface area contributed by atoms with E-state index >= 15 is 0 Å². The maximum atomic E-state index is 6.18. The fourth-order valence-corrected chi connectivity index (χ4v) is 3.89. The van der Waals surface area contributed by atoms with Crippen molar-refractivity contribution in [2.45, 2.75) is 51.2 Å². The topological polar surface area (TPSA) is 86.1 Å². The highest BCUT2D eigenvalue weighted by atomic mass is 35.5. The van der Waals surface area contributed by atoms with Gasteiger partial charge in [0, 0.05) is 13.7 Å². The van der Waals surface area contributed by atoms with Crippen LogP contribution in [-0.2, 0) is 4.74 Å². The number of rotatable bonds is 2. The number of nitrogens with zero attached hydrogens (tertiary/aromatic N) is 4. The molecule has 146 valence electrons. The van der Waals surface area contributed by atoms with Crippen LogP contribution < -0.4 is 15.4 Å². The summed E-state index contributed by atoms with van der Waals surface area (Å²) in [5, 5.41) is 11.8. The quantitative estimate of drug-likeness (QED) is 0.805. The van der Waals surface area contributed by atoms with Gasteiger partial charge in [0.05, 0.1) is 30.6 Å². The number of halogens is 1. The maximum absolute atomic E-state index is 6.18. The molecule has 0 aromatic carbocycles. The summed E-state index contributed by atoms with van der Waals surface area (Å²) >= 11 is 6.18. The molecule has 2 N–H and O–H groups in total. The molecule has 1 aliphatic heterocycles. The van der Waals surface area contributed by atoms with Crippen LogP contribution in [0.3, 0.4) is 0 Å².